The van der Waals surface area contributed by atoms with Gasteiger partial charge in [0.25, 0.3) is 0 Å². The van der Waals surface area contributed by atoms with E-state index in [9.17, 15) is 35.1 Å². The molecule has 0 radical (unpaired) electrons. The standard InChI is InChI=1S/C24H31NO11S/c1-9(23(32)25-14-15(28)17(30)21-20(16(14)29)33-8-34-21)6-11-4-5-13(12(27)7-11)35-24-18(31)22(37-3)19(36-24)10(2)26/h4-7,14-22,24,27-31H,8H2,1-3H3,(H,25,32)/b9-6+/t14-,15+,16-,17-,18+,19?,20+,21-,22?,24-/m1/s1. The summed E-state index contributed by atoms with van der Waals surface area (Å²) in [5, 5.41) is 54.1. The molecular formula is C24H31NO11S. The second kappa shape index (κ2) is 11.3. The van der Waals surface area contributed by atoms with Crippen LogP contribution < -0.4 is 10.1 Å². The number of carbonyl (C=O) groups is 2. The Bertz CT molecular complexity index is 1050. The van der Waals surface area contributed by atoms with E-state index < -0.39 is 66.2 Å². The first-order valence-corrected chi connectivity index (χ1v) is 12.9. The van der Waals surface area contributed by atoms with Crippen LogP contribution in [0.25, 0.3) is 6.08 Å². The summed E-state index contributed by atoms with van der Waals surface area (Å²) in [7, 11) is 0. The fourth-order valence-corrected chi connectivity index (χ4v) is 5.62. The molecule has 4 rings (SSSR count). The summed E-state index contributed by atoms with van der Waals surface area (Å²) >= 11 is 1.28. The number of amides is 1. The van der Waals surface area contributed by atoms with Crippen molar-refractivity contribution in [3.63, 3.8) is 0 Å². The maximum Gasteiger partial charge on any atom is 0.247 e. The number of hydrogen-bond donors (Lipinski definition) is 6. The number of phenols is 1. The first kappa shape index (κ1) is 27.8. The minimum atomic E-state index is -1.48. The number of carbonyl (C=O) groups excluding carboxylic acids is 2. The molecule has 0 aromatic heterocycles. The average molecular weight is 542 g/mol. The van der Waals surface area contributed by atoms with Crippen LogP contribution in [0.15, 0.2) is 23.8 Å². The van der Waals surface area contributed by atoms with E-state index in [1.165, 1.54) is 43.8 Å². The maximum absolute atomic E-state index is 12.8. The molecule has 2 heterocycles. The number of hydrogen-bond acceptors (Lipinski definition) is 12. The van der Waals surface area contributed by atoms with Crippen molar-refractivity contribution in [3.8, 4) is 11.5 Å². The largest absolute Gasteiger partial charge is 0.504 e. The van der Waals surface area contributed by atoms with Crippen molar-refractivity contribution in [2.45, 2.75) is 74.2 Å². The minimum Gasteiger partial charge on any atom is -0.504 e. The van der Waals surface area contributed by atoms with Gasteiger partial charge < -0.3 is 49.8 Å². The molecule has 0 spiro atoms. The Morgan fingerprint density at radius 3 is 2.32 bits per heavy atom. The van der Waals surface area contributed by atoms with Crippen LogP contribution in [0.5, 0.6) is 11.5 Å². The zero-order valence-corrected chi connectivity index (χ0v) is 21.2. The van der Waals surface area contributed by atoms with E-state index in [0.29, 0.717) is 5.56 Å². The predicted octanol–water partition coefficient (Wildman–Crippen LogP) is -1.10. The van der Waals surface area contributed by atoms with Gasteiger partial charge >= 0.3 is 0 Å². The highest BCUT2D eigenvalue weighted by molar-refractivity contribution is 7.99. The first-order valence-electron chi connectivity index (χ1n) is 11.7. The lowest BCUT2D eigenvalue weighted by molar-refractivity contribution is -0.155. The van der Waals surface area contributed by atoms with Crippen LogP contribution in [0.4, 0.5) is 0 Å². The summed E-state index contributed by atoms with van der Waals surface area (Å²) in [6.45, 7) is 2.73. The van der Waals surface area contributed by atoms with E-state index in [1.807, 2.05) is 0 Å². The third-order valence-corrected chi connectivity index (χ3v) is 7.81. The van der Waals surface area contributed by atoms with Crippen molar-refractivity contribution in [3.05, 3.63) is 29.3 Å². The molecule has 2 saturated heterocycles. The van der Waals surface area contributed by atoms with Crippen LogP contribution in [0, 0.1) is 0 Å². The number of Topliss-reactive ketones (excluding diaryl/α,β-unsaturated/α-hetero) is 1. The molecule has 1 amide bonds. The molecule has 10 atom stereocenters. The lowest BCUT2D eigenvalue weighted by Crippen LogP contribution is -2.67. The highest BCUT2D eigenvalue weighted by atomic mass is 32.2. The van der Waals surface area contributed by atoms with Gasteiger partial charge in [-0.05, 0) is 43.9 Å². The molecule has 204 valence electrons. The molecular weight excluding hydrogens is 510 g/mol. The molecule has 6 N–H and O–H groups in total. The number of phenolic OH excluding ortho intramolecular Hbond substituents is 1. The number of benzene rings is 1. The fourth-order valence-electron chi connectivity index (χ4n) is 4.71. The Balaban J connectivity index is 1.42. The van der Waals surface area contributed by atoms with Gasteiger partial charge in [-0.1, -0.05) is 6.07 Å². The third-order valence-electron chi connectivity index (χ3n) is 6.74. The van der Waals surface area contributed by atoms with Crippen LogP contribution in [-0.2, 0) is 23.8 Å². The highest BCUT2D eigenvalue weighted by Gasteiger charge is 2.53. The van der Waals surface area contributed by atoms with Gasteiger partial charge in [-0.15, -0.1) is 0 Å². The summed E-state index contributed by atoms with van der Waals surface area (Å²) in [5.41, 5.74) is 0.626. The topological polar surface area (TPSA) is 184 Å². The maximum atomic E-state index is 12.8. The summed E-state index contributed by atoms with van der Waals surface area (Å²) in [6, 6.07) is 3.13. The van der Waals surface area contributed by atoms with Gasteiger partial charge in [0, 0.05) is 5.57 Å². The summed E-state index contributed by atoms with van der Waals surface area (Å²) in [6.07, 6.45) is -5.77. The molecule has 3 aliphatic rings. The molecule has 0 bridgehead atoms. The van der Waals surface area contributed by atoms with Crippen LogP contribution in [-0.4, -0.2) is 111 Å². The van der Waals surface area contributed by atoms with E-state index in [4.69, 9.17) is 18.9 Å². The SMILES string of the molecule is CSC1C(C(C)=O)O[C@@H](Oc2ccc(/C=C(\C)C(=O)N[C@@H]3[C@H](O)[C@@H](O)[C@H]4OCO[C@H]4[C@@H]3O)cc2O)[C@H]1O. The van der Waals surface area contributed by atoms with Crippen molar-refractivity contribution < 1.29 is 54.1 Å². The molecule has 37 heavy (non-hydrogen) atoms. The Morgan fingerprint density at radius 2 is 1.73 bits per heavy atom. The van der Waals surface area contributed by atoms with Crippen LogP contribution >= 0.6 is 11.8 Å². The van der Waals surface area contributed by atoms with Gasteiger partial charge in [0.2, 0.25) is 12.2 Å². The van der Waals surface area contributed by atoms with Gasteiger partial charge in [0.05, 0.1) is 11.3 Å². The van der Waals surface area contributed by atoms with E-state index >= 15 is 0 Å². The molecule has 2 unspecified atom stereocenters. The molecule has 1 saturated carbocycles. The van der Waals surface area contributed by atoms with Gasteiger partial charge in [-0.3, -0.25) is 9.59 Å². The normalized spacial score (nSPS) is 37.8. The van der Waals surface area contributed by atoms with E-state index in [1.54, 1.807) is 12.3 Å². The van der Waals surface area contributed by atoms with Gasteiger partial charge in [-0.2, -0.15) is 11.8 Å². The second-order valence-corrected chi connectivity index (χ2v) is 10.3. The number of ether oxygens (including phenoxy) is 4. The third kappa shape index (κ3) is 5.49. The highest BCUT2D eigenvalue weighted by Crippen LogP contribution is 2.35. The van der Waals surface area contributed by atoms with Crippen molar-refractivity contribution in [1.29, 1.82) is 0 Å². The zero-order chi connectivity index (χ0) is 27.0. The average Bonchev–Trinajstić information content (AvgIpc) is 3.47. The Kier molecular flexibility index (Phi) is 8.45. The van der Waals surface area contributed by atoms with Gasteiger partial charge in [-0.25, -0.2) is 0 Å². The molecule has 12 nitrogen and oxygen atoms in total. The van der Waals surface area contributed by atoms with Crippen molar-refractivity contribution >= 4 is 29.5 Å². The summed E-state index contributed by atoms with van der Waals surface area (Å²) < 4.78 is 21.6. The molecule has 1 aromatic rings. The van der Waals surface area contributed by atoms with E-state index in [-0.39, 0.29) is 29.6 Å². The van der Waals surface area contributed by atoms with Gasteiger partial charge in [0.1, 0.15) is 49.5 Å². The fraction of sp³-hybridized carbons (Fsp3) is 0.583. The summed E-state index contributed by atoms with van der Waals surface area (Å²) in [5.74, 6) is -1.12. The van der Waals surface area contributed by atoms with Crippen LogP contribution in [0.1, 0.15) is 19.4 Å². The van der Waals surface area contributed by atoms with Crippen molar-refractivity contribution in [2.24, 2.45) is 0 Å². The molecule has 2 aliphatic heterocycles. The van der Waals surface area contributed by atoms with Crippen molar-refractivity contribution in [1.82, 2.24) is 5.32 Å². The van der Waals surface area contributed by atoms with Gasteiger partial charge in [0.15, 0.2) is 17.3 Å². The zero-order valence-electron chi connectivity index (χ0n) is 20.4. The second-order valence-electron chi connectivity index (χ2n) is 9.25. The lowest BCUT2D eigenvalue weighted by atomic mass is 9.83. The number of thioether (sulfide) groups is 1. The van der Waals surface area contributed by atoms with Crippen LogP contribution in [0.2, 0.25) is 0 Å². The first-order chi connectivity index (χ1) is 17.5. The number of aliphatic hydroxyl groups is 4. The minimum absolute atomic E-state index is 0.0168. The quantitative estimate of drug-likeness (QED) is 0.230. The van der Waals surface area contributed by atoms with E-state index in [2.05, 4.69) is 5.32 Å². The van der Waals surface area contributed by atoms with Crippen LogP contribution in [0.3, 0.4) is 0 Å². The molecule has 1 aromatic carbocycles. The number of nitrogens with one attached hydrogen (secondary N) is 1. The van der Waals surface area contributed by atoms with E-state index in [0.717, 1.165) is 0 Å². The number of aromatic hydroxyl groups is 1. The number of aliphatic hydroxyl groups excluding tert-OH is 4. The smallest absolute Gasteiger partial charge is 0.247 e. The van der Waals surface area contributed by atoms with Crippen molar-refractivity contribution in [2.75, 3.05) is 13.0 Å². The summed E-state index contributed by atoms with van der Waals surface area (Å²) in [4.78, 5) is 24.6. The predicted molar refractivity (Wildman–Crippen MR) is 130 cm³/mol. The molecule has 3 fully saturated rings. The Morgan fingerprint density at radius 1 is 1.05 bits per heavy atom. The molecule has 13 heteroatoms. The Labute approximate surface area is 217 Å². The number of ketones is 1. The monoisotopic (exact) mass is 541 g/mol. The Hall–Kier alpha value is -2.23. The number of rotatable bonds is 7. The lowest BCUT2D eigenvalue weighted by Gasteiger charge is -2.41. The molecule has 1 aliphatic carbocycles. The number of fused-ring (bicyclic) bond motifs is 1.